The lowest BCUT2D eigenvalue weighted by Crippen LogP contribution is -2.36. The summed E-state index contributed by atoms with van der Waals surface area (Å²) in [6.45, 7) is 0.645. The Labute approximate surface area is 184 Å². The van der Waals surface area contributed by atoms with E-state index >= 15 is 0 Å². The smallest absolute Gasteiger partial charge is 0.350 e. The predicted octanol–water partition coefficient (Wildman–Crippen LogP) is 1.41. The maximum Gasteiger partial charge on any atom is 0.350 e. The Morgan fingerprint density at radius 3 is 2.75 bits per heavy atom. The number of halogens is 1. The third kappa shape index (κ3) is 5.71. The summed E-state index contributed by atoms with van der Waals surface area (Å²) in [7, 11) is -3.59. The molecule has 11 heteroatoms. The minimum Gasteiger partial charge on any atom is -0.490 e. The summed E-state index contributed by atoms with van der Waals surface area (Å²) >= 11 is 0. The van der Waals surface area contributed by atoms with Crippen LogP contribution in [0.4, 0.5) is 4.39 Å². The Balaban J connectivity index is 1.33. The molecule has 172 valence electrons. The molecule has 0 atom stereocenters. The molecule has 2 aliphatic carbocycles. The first-order chi connectivity index (χ1) is 15.3. The fourth-order valence-electron chi connectivity index (χ4n) is 3.36. The van der Waals surface area contributed by atoms with E-state index in [9.17, 15) is 22.4 Å². The molecule has 0 unspecified atom stereocenters. The van der Waals surface area contributed by atoms with Gasteiger partial charge in [0, 0.05) is 6.54 Å². The Hall–Kier alpha value is -2.79. The van der Waals surface area contributed by atoms with Gasteiger partial charge in [-0.05, 0) is 55.7 Å². The molecule has 0 bridgehead atoms. The van der Waals surface area contributed by atoms with Crippen molar-refractivity contribution >= 4 is 10.0 Å². The van der Waals surface area contributed by atoms with E-state index in [4.69, 9.17) is 4.74 Å². The third-order valence-electron chi connectivity index (χ3n) is 5.57. The van der Waals surface area contributed by atoms with Crippen molar-refractivity contribution in [1.82, 2.24) is 19.3 Å². The number of H-pyrrole nitrogens is 1. The van der Waals surface area contributed by atoms with E-state index < -0.39 is 32.8 Å². The molecule has 2 fully saturated rings. The zero-order valence-corrected chi connectivity index (χ0v) is 18.2. The number of nitrogens with one attached hydrogen (secondary N) is 2. The topological polar surface area (TPSA) is 123 Å². The van der Waals surface area contributed by atoms with E-state index in [0.717, 1.165) is 19.2 Å². The van der Waals surface area contributed by atoms with Crippen molar-refractivity contribution in [2.45, 2.75) is 44.2 Å². The van der Waals surface area contributed by atoms with Gasteiger partial charge < -0.3 is 4.74 Å². The molecule has 2 aliphatic rings. The second-order valence-corrected chi connectivity index (χ2v) is 10.1. The number of allylic oxidation sites excluding steroid dienone is 2. The lowest BCUT2D eigenvalue weighted by molar-refractivity contribution is 0.284. The van der Waals surface area contributed by atoms with Gasteiger partial charge in [-0.2, -0.15) is 4.98 Å². The Kier molecular flexibility index (Phi) is 6.29. The number of hydrogen-bond acceptors (Lipinski definition) is 6. The minimum absolute atomic E-state index is 0.129. The van der Waals surface area contributed by atoms with Crippen LogP contribution in [0.2, 0.25) is 0 Å². The van der Waals surface area contributed by atoms with Gasteiger partial charge in [-0.3, -0.25) is 9.55 Å². The van der Waals surface area contributed by atoms with E-state index in [1.165, 1.54) is 10.6 Å². The van der Waals surface area contributed by atoms with Gasteiger partial charge in [0.2, 0.25) is 10.0 Å². The average Bonchev–Trinajstić information content (AvgIpc) is 3.65. The van der Waals surface area contributed by atoms with Gasteiger partial charge >= 0.3 is 11.4 Å². The van der Waals surface area contributed by atoms with Crippen LogP contribution < -0.4 is 20.8 Å². The van der Waals surface area contributed by atoms with Gasteiger partial charge in [-0.15, -0.1) is 0 Å². The number of rotatable bonds is 11. The SMILES string of the molecule is O=c1ncn(C/C=C/CCS(=O)(=O)NC2(c3ccc(F)c(OCC4CC4)c3)CC2)c(=O)[nH]1. The lowest BCUT2D eigenvalue weighted by atomic mass is 10.1. The van der Waals surface area contributed by atoms with Crippen LogP contribution in [0, 0.1) is 11.7 Å². The van der Waals surface area contributed by atoms with Crippen molar-refractivity contribution in [3.8, 4) is 5.75 Å². The van der Waals surface area contributed by atoms with E-state index in [2.05, 4.69) is 9.71 Å². The van der Waals surface area contributed by atoms with Gasteiger partial charge in [0.15, 0.2) is 11.6 Å². The van der Waals surface area contributed by atoms with Crippen molar-refractivity contribution in [1.29, 1.82) is 0 Å². The summed E-state index contributed by atoms with van der Waals surface area (Å²) in [5, 5.41) is 0. The van der Waals surface area contributed by atoms with Crippen LogP contribution >= 0.6 is 0 Å². The molecule has 2 aromatic rings. The highest BCUT2D eigenvalue weighted by Crippen LogP contribution is 2.47. The minimum atomic E-state index is -3.59. The van der Waals surface area contributed by atoms with Crippen LogP contribution in [0.15, 0.2) is 46.3 Å². The van der Waals surface area contributed by atoms with Gasteiger partial charge in [-0.25, -0.2) is 27.1 Å². The maximum absolute atomic E-state index is 14.1. The van der Waals surface area contributed by atoms with Gasteiger partial charge in [0.25, 0.3) is 0 Å². The van der Waals surface area contributed by atoms with Gasteiger partial charge in [0.05, 0.1) is 17.9 Å². The molecule has 32 heavy (non-hydrogen) atoms. The number of hydrogen-bond donors (Lipinski definition) is 2. The fourth-order valence-corrected chi connectivity index (χ4v) is 4.82. The molecular weight excluding hydrogens is 439 g/mol. The Morgan fingerprint density at radius 2 is 2.06 bits per heavy atom. The molecule has 1 heterocycles. The molecule has 9 nitrogen and oxygen atoms in total. The number of sulfonamides is 1. The van der Waals surface area contributed by atoms with E-state index in [0.29, 0.717) is 30.9 Å². The van der Waals surface area contributed by atoms with Crippen LogP contribution in [0.3, 0.4) is 0 Å². The van der Waals surface area contributed by atoms with Crippen molar-refractivity contribution in [3.63, 3.8) is 0 Å². The van der Waals surface area contributed by atoms with Crippen LogP contribution in [0.1, 0.15) is 37.7 Å². The summed E-state index contributed by atoms with van der Waals surface area (Å²) in [4.78, 5) is 28.0. The van der Waals surface area contributed by atoms with Crippen molar-refractivity contribution < 1.29 is 17.5 Å². The molecule has 4 rings (SSSR count). The van der Waals surface area contributed by atoms with Crippen molar-refractivity contribution in [2.24, 2.45) is 5.92 Å². The molecule has 0 saturated heterocycles. The standard InChI is InChI=1S/C21H25FN4O5S/c22-17-7-6-16(12-18(17)31-13-15-4-5-15)21(8-9-21)25-32(29,30)11-3-1-2-10-26-14-23-19(27)24-20(26)28/h1-2,6-7,12,14-15,25H,3-5,8-11,13H2,(H,24,27,28)/b2-1+. The second-order valence-electron chi connectivity index (χ2n) is 8.29. The van der Waals surface area contributed by atoms with Gasteiger partial charge in [-0.1, -0.05) is 18.2 Å². The number of aromatic nitrogens is 3. The second kappa shape index (κ2) is 8.99. The van der Waals surface area contributed by atoms with E-state index in [1.54, 1.807) is 24.3 Å². The van der Waals surface area contributed by atoms with Crippen LogP contribution in [0.25, 0.3) is 0 Å². The largest absolute Gasteiger partial charge is 0.490 e. The highest BCUT2D eigenvalue weighted by atomic mass is 32.2. The number of benzene rings is 1. The van der Waals surface area contributed by atoms with E-state index in [-0.39, 0.29) is 24.5 Å². The quantitative estimate of drug-likeness (QED) is 0.485. The first kappa shape index (κ1) is 22.4. The number of nitrogens with zero attached hydrogens (tertiary/aromatic N) is 2. The predicted molar refractivity (Wildman–Crippen MR) is 115 cm³/mol. The Bertz CT molecular complexity index is 1230. The van der Waals surface area contributed by atoms with E-state index in [1.807, 2.05) is 4.98 Å². The monoisotopic (exact) mass is 464 g/mol. The van der Waals surface area contributed by atoms with Crippen molar-refractivity contribution in [3.05, 3.63) is 69.0 Å². The molecule has 0 spiro atoms. The van der Waals surface area contributed by atoms with Gasteiger partial charge in [0.1, 0.15) is 6.33 Å². The molecule has 2 saturated carbocycles. The number of ether oxygens (including phenoxy) is 1. The molecule has 1 aromatic carbocycles. The molecule has 0 radical (unpaired) electrons. The first-order valence-electron chi connectivity index (χ1n) is 10.5. The van der Waals surface area contributed by atoms with Crippen LogP contribution in [-0.2, 0) is 22.1 Å². The fraction of sp³-hybridized carbons (Fsp3) is 0.476. The third-order valence-corrected chi connectivity index (χ3v) is 7.04. The van der Waals surface area contributed by atoms with Crippen molar-refractivity contribution in [2.75, 3.05) is 12.4 Å². The molecule has 1 aromatic heterocycles. The lowest BCUT2D eigenvalue weighted by Gasteiger charge is -2.19. The molecule has 0 aliphatic heterocycles. The summed E-state index contributed by atoms with van der Waals surface area (Å²) in [6, 6.07) is 4.52. The highest BCUT2D eigenvalue weighted by molar-refractivity contribution is 7.89. The normalized spacial score (nSPS) is 17.5. The van der Waals surface area contributed by atoms with Crippen LogP contribution in [-0.4, -0.2) is 35.3 Å². The Morgan fingerprint density at radius 1 is 1.28 bits per heavy atom. The zero-order chi connectivity index (χ0) is 22.8. The summed E-state index contributed by atoms with van der Waals surface area (Å²) in [5.41, 5.74) is -1.32. The molecule has 2 N–H and O–H groups in total. The summed E-state index contributed by atoms with van der Waals surface area (Å²) in [5.74, 6) is 0.0688. The van der Waals surface area contributed by atoms with Crippen LogP contribution in [0.5, 0.6) is 5.75 Å². The first-order valence-corrected chi connectivity index (χ1v) is 12.2. The summed E-state index contributed by atoms with van der Waals surface area (Å²) in [6.07, 6.45) is 8.12. The molecular formula is C21H25FN4O5S. The summed E-state index contributed by atoms with van der Waals surface area (Å²) < 4.78 is 48.8. The molecule has 0 amide bonds. The zero-order valence-electron chi connectivity index (χ0n) is 17.4. The maximum atomic E-state index is 14.1. The number of aromatic amines is 1. The highest BCUT2D eigenvalue weighted by Gasteiger charge is 2.47. The average molecular weight is 465 g/mol.